The fourth-order valence-corrected chi connectivity index (χ4v) is 4.22. The summed E-state index contributed by atoms with van der Waals surface area (Å²) in [7, 11) is -3.86. The summed E-state index contributed by atoms with van der Waals surface area (Å²) in [6.45, 7) is 5.66. The second kappa shape index (κ2) is 7.53. The van der Waals surface area contributed by atoms with Crippen LogP contribution in [0, 0.1) is 13.8 Å². The molecule has 3 rings (SSSR count). The van der Waals surface area contributed by atoms with Gasteiger partial charge in [0.05, 0.1) is 30.0 Å². The van der Waals surface area contributed by atoms with Crippen molar-refractivity contribution in [3.05, 3.63) is 47.2 Å². The zero-order chi connectivity index (χ0) is 19.6. The normalized spacial score (nSPS) is 14.8. The van der Waals surface area contributed by atoms with Gasteiger partial charge in [-0.05, 0) is 43.2 Å². The lowest BCUT2D eigenvalue weighted by Crippen LogP contribution is -2.37. The predicted molar refractivity (Wildman–Crippen MR) is 101 cm³/mol. The van der Waals surface area contributed by atoms with Crippen LogP contribution >= 0.6 is 0 Å². The van der Waals surface area contributed by atoms with Crippen molar-refractivity contribution in [2.24, 2.45) is 0 Å². The Hall–Kier alpha value is -2.65. The molecule has 2 heterocycles. The number of hydrogen-bond donors (Lipinski definition) is 2. The van der Waals surface area contributed by atoms with E-state index in [2.05, 4.69) is 9.71 Å². The number of sulfonamides is 1. The quantitative estimate of drug-likeness (QED) is 0.803. The van der Waals surface area contributed by atoms with Crippen LogP contribution in [0.4, 0.5) is 11.5 Å². The van der Waals surface area contributed by atoms with Gasteiger partial charge >= 0.3 is 5.97 Å². The molecule has 0 saturated carbocycles. The van der Waals surface area contributed by atoms with Crippen molar-refractivity contribution >= 4 is 27.5 Å². The summed E-state index contributed by atoms with van der Waals surface area (Å²) >= 11 is 0. The van der Waals surface area contributed by atoms with Gasteiger partial charge in [-0.2, -0.15) is 0 Å². The summed E-state index contributed by atoms with van der Waals surface area (Å²) in [4.78, 5) is 17.8. The molecule has 0 radical (unpaired) electrons. The number of aryl methyl sites for hydroxylation is 2. The minimum Gasteiger partial charge on any atom is -0.478 e. The van der Waals surface area contributed by atoms with Crippen molar-refractivity contribution in [1.29, 1.82) is 0 Å². The van der Waals surface area contributed by atoms with Gasteiger partial charge in [-0.15, -0.1) is 0 Å². The fourth-order valence-electron chi connectivity index (χ4n) is 3.00. The predicted octanol–water partition coefficient (Wildman–Crippen LogP) is 2.03. The lowest BCUT2D eigenvalue weighted by atomic mass is 10.2. The van der Waals surface area contributed by atoms with E-state index in [1.807, 2.05) is 24.8 Å². The van der Waals surface area contributed by atoms with Crippen LogP contribution in [0.25, 0.3) is 0 Å². The van der Waals surface area contributed by atoms with E-state index in [1.165, 1.54) is 12.3 Å². The highest BCUT2D eigenvalue weighted by Crippen LogP contribution is 2.24. The zero-order valence-corrected chi connectivity index (χ0v) is 15.9. The Labute approximate surface area is 157 Å². The van der Waals surface area contributed by atoms with Gasteiger partial charge in [-0.25, -0.2) is 18.2 Å². The van der Waals surface area contributed by atoms with E-state index < -0.39 is 16.0 Å². The zero-order valence-electron chi connectivity index (χ0n) is 15.1. The van der Waals surface area contributed by atoms with E-state index >= 15 is 0 Å². The van der Waals surface area contributed by atoms with Crippen LogP contribution in [0.3, 0.4) is 0 Å². The third kappa shape index (κ3) is 4.37. The highest BCUT2D eigenvalue weighted by Gasteiger charge is 2.22. The summed E-state index contributed by atoms with van der Waals surface area (Å²) in [5.74, 6) is -0.864. The average molecular weight is 391 g/mol. The number of aromatic nitrogens is 1. The highest BCUT2D eigenvalue weighted by atomic mass is 32.2. The Bertz CT molecular complexity index is 949. The molecule has 0 bridgehead atoms. The van der Waals surface area contributed by atoms with Crippen LogP contribution in [0.15, 0.2) is 35.4 Å². The lowest BCUT2D eigenvalue weighted by molar-refractivity contribution is 0.0696. The Kier molecular flexibility index (Phi) is 5.33. The molecule has 8 nitrogen and oxygen atoms in total. The second-order valence-electron chi connectivity index (χ2n) is 6.43. The van der Waals surface area contributed by atoms with E-state index in [9.17, 15) is 18.3 Å². The number of carbonyl (C=O) groups is 1. The van der Waals surface area contributed by atoms with E-state index in [-0.39, 0.29) is 16.1 Å². The number of hydrogen-bond acceptors (Lipinski definition) is 6. The molecule has 0 aliphatic carbocycles. The molecule has 1 aromatic carbocycles. The number of nitrogens with one attached hydrogen (secondary N) is 1. The van der Waals surface area contributed by atoms with Gasteiger partial charge in [0.15, 0.2) is 0 Å². The molecular formula is C18H21N3O5S. The van der Waals surface area contributed by atoms with Crippen LogP contribution < -0.4 is 9.62 Å². The molecule has 1 fully saturated rings. The molecule has 9 heteroatoms. The maximum atomic E-state index is 12.7. The molecule has 27 heavy (non-hydrogen) atoms. The fraction of sp³-hybridized carbons (Fsp3) is 0.333. The Morgan fingerprint density at radius 3 is 2.37 bits per heavy atom. The van der Waals surface area contributed by atoms with E-state index in [0.717, 1.165) is 11.1 Å². The first kappa shape index (κ1) is 19.1. The summed E-state index contributed by atoms with van der Waals surface area (Å²) in [5.41, 5.74) is 1.69. The first-order valence-corrected chi connectivity index (χ1v) is 9.92. The molecule has 2 N–H and O–H groups in total. The van der Waals surface area contributed by atoms with Crippen molar-refractivity contribution < 1.29 is 23.1 Å². The largest absolute Gasteiger partial charge is 0.478 e. The number of carboxylic acid groups (broad SMARTS) is 1. The number of pyridine rings is 1. The van der Waals surface area contributed by atoms with E-state index in [1.54, 1.807) is 12.1 Å². The van der Waals surface area contributed by atoms with Gasteiger partial charge in [0, 0.05) is 13.1 Å². The molecule has 144 valence electrons. The third-order valence-corrected chi connectivity index (χ3v) is 5.53. The van der Waals surface area contributed by atoms with Gasteiger partial charge in [-0.1, -0.05) is 6.07 Å². The first-order chi connectivity index (χ1) is 12.8. The molecular weight excluding hydrogens is 370 g/mol. The maximum absolute atomic E-state index is 12.7. The Balaban J connectivity index is 1.92. The lowest BCUT2D eigenvalue weighted by Gasteiger charge is -2.28. The number of benzene rings is 1. The topological polar surface area (TPSA) is 109 Å². The number of ether oxygens (including phenoxy) is 1. The van der Waals surface area contributed by atoms with E-state index in [4.69, 9.17) is 4.74 Å². The number of anilines is 2. The van der Waals surface area contributed by atoms with Crippen LogP contribution in [0.2, 0.25) is 0 Å². The van der Waals surface area contributed by atoms with Crippen molar-refractivity contribution in [2.45, 2.75) is 18.7 Å². The minimum absolute atomic E-state index is 0.0578. The maximum Gasteiger partial charge on any atom is 0.339 e. The van der Waals surface area contributed by atoms with Gasteiger partial charge in [-0.3, -0.25) is 4.72 Å². The molecule has 1 aliphatic heterocycles. The first-order valence-electron chi connectivity index (χ1n) is 8.43. The van der Waals surface area contributed by atoms with Crippen molar-refractivity contribution in [1.82, 2.24) is 4.98 Å². The summed E-state index contributed by atoms with van der Waals surface area (Å²) in [6, 6.07) is 6.28. The van der Waals surface area contributed by atoms with Gasteiger partial charge in [0.25, 0.3) is 10.0 Å². The number of aromatic carboxylic acids is 1. The summed E-state index contributed by atoms with van der Waals surface area (Å²) in [5, 5.41) is 9.53. The number of nitrogens with zero attached hydrogens (tertiary/aromatic N) is 2. The Morgan fingerprint density at radius 2 is 1.78 bits per heavy atom. The van der Waals surface area contributed by atoms with Crippen molar-refractivity contribution in [3.8, 4) is 0 Å². The van der Waals surface area contributed by atoms with Crippen molar-refractivity contribution in [2.75, 3.05) is 35.9 Å². The number of rotatable bonds is 5. The number of morpholine rings is 1. The highest BCUT2D eigenvalue weighted by molar-refractivity contribution is 7.92. The van der Waals surface area contributed by atoms with Crippen LogP contribution in [-0.4, -0.2) is 50.8 Å². The van der Waals surface area contributed by atoms with Crippen LogP contribution in [0.1, 0.15) is 21.5 Å². The van der Waals surface area contributed by atoms with Gasteiger partial charge in [0.1, 0.15) is 11.4 Å². The molecule has 0 amide bonds. The van der Waals surface area contributed by atoms with Gasteiger partial charge in [0.2, 0.25) is 0 Å². The van der Waals surface area contributed by atoms with E-state index in [0.29, 0.717) is 32.1 Å². The average Bonchev–Trinajstić information content (AvgIpc) is 2.61. The standard InChI is InChI=1S/C18H21N3O5S/c1-12-7-13(2)9-15(8-12)27(24,25)20-14-10-16(18(22)23)17(19-11-14)21-3-5-26-6-4-21/h7-11,20H,3-6H2,1-2H3,(H,22,23). The molecule has 0 unspecified atom stereocenters. The summed E-state index contributed by atoms with van der Waals surface area (Å²) in [6.07, 6.45) is 1.33. The summed E-state index contributed by atoms with van der Waals surface area (Å²) < 4.78 is 33.0. The SMILES string of the molecule is Cc1cc(C)cc(S(=O)(=O)Nc2cnc(N3CCOCC3)c(C(=O)O)c2)c1. The molecule has 2 aromatic rings. The minimum atomic E-state index is -3.86. The molecule has 0 atom stereocenters. The van der Waals surface area contributed by atoms with Crippen molar-refractivity contribution in [3.63, 3.8) is 0 Å². The smallest absolute Gasteiger partial charge is 0.339 e. The molecule has 0 spiro atoms. The van der Waals surface area contributed by atoms with Crippen LogP contribution in [0.5, 0.6) is 0 Å². The van der Waals surface area contributed by atoms with Crippen LogP contribution in [-0.2, 0) is 14.8 Å². The third-order valence-electron chi connectivity index (χ3n) is 4.17. The Morgan fingerprint density at radius 1 is 1.15 bits per heavy atom. The number of carboxylic acids is 1. The second-order valence-corrected chi connectivity index (χ2v) is 8.11. The molecule has 1 aliphatic rings. The molecule has 1 aromatic heterocycles. The van der Waals surface area contributed by atoms with Gasteiger partial charge < -0.3 is 14.7 Å². The monoisotopic (exact) mass is 391 g/mol. The molecule has 1 saturated heterocycles.